The van der Waals surface area contributed by atoms with Crippen molar-refractivity contribution < 1.29 is 8.42 Å². The number of aromatic nitrogens is 1. The Morgan fingerprint density at radius 2 is 2.27 bits per heavy atom. The van der Waals surface area contributed by atoms with Crippen LogP contribution in [-0.2, 0) is 15.6 Å². The van der Waals surface area contributed by atoms with E-state index in [0.717, 1.165) is 5.01 Å². The highest BCUT2D eigenvalue weighted by atomic mass is 32.2. The van der Waals surface area contributed by atoms with Gasteiger partial charge in [-0.3, -0.25) is 0 Å². The fourth-order valence-corrected chi connectivity index (χ4v) is 3.33. The molecule has 15 heavy (non-hydrogen) atoms. The van der Waals surface area contributed by atoms with E-state index in [1.807, 2.05) is 13.8 Å². The molecule has 0 aliphatic heterocycles. The van der Waals surface area contributed by atoms with Crippen LogP contribution in [0.2, 0.25) is 0 Å². The van der Waals surface area contributed by atoms with E-state index in [9.17, 15) is 8.42 Å². The largest absolute Gasteiger partial charge is 0.328 e. The van der Waals surface area contributed by atoms with Crippen molar-refractivity contribution in [1.82, 2.24) is 4.98 Å². The lowest BCUT2D eigenvalue weighted by atomic mass is 10.3. The van der Waals surface area contributed by atoms with Crippen LogP contribution in [0.4, 0.5) is 0 Å². The third-order valence-electron chi connectivity index (χ3n) is 1.92. The molecule has 1 aromatic heterocycles. The van der Waals surface area contributed by atoms with Crippen LogP contribution in [0.5, 0.6) is 0 Å². The molecule has 0 saturated heterocycles. The quantitative estimate of drug-likeness (QED) is 0.847. The Kier molecular flexibility index (Phi) is 4.24. The molecule has 1 heterocycles. The van der Waals surface area contributed by atoms with E-state index >= 15 is 0 Å². The van der Waals surface area contributed by atoms with Crippen LogP contribution in [-0.4, -0.2) is 25.2 Å². The molecular formula is C9H16N2O2S2. The van der Waals surface area contributed by atoms with Crippen molar-refractivity contribution in [3.63, 3.8) is 0 Å². The van der Waals surface area contributed by atoms with E-state index < -0.39 is 9.84 Å². The summed E-state index contributed by atoms with van der Waals surface area (Å²) >= 11 is 1.47. The van der Waals surface area contributed by atoms with Crippen LogP contribution in [0.3, 0.4) is 0 Å². The average molecular weight is 248 g/mol. The number of sulfone groups is 1. The van der Waals surface area contributed by atoms with Gasteiger partial charge in [0.1, 0.15) is 0 Å². The van der Waals surface area contributed by atoms with E-state index in [2.05, 4.69) is 4.98 Å². The van der Waals surface area contributed by atoms with Crippen LogP contribution < -0.4 is 5.73 Å². The molecule has 1 rings (SSSR count). The molecule has 4 nitrogen and oxygen atoms in total. The van der Waals surface area contributed by atoms with Crippen molar-refractivity contribution in [2.45, 2.75) is 32.1 Å². The number of hydrogen-bond acceptors (Lipinski definition) is 5. The van der Waals surface area contributed by atoms with Crippen molar-refractivity contribution in [2.24, 2.45) is 5.73 Å². The lowest BCUT2D eigenvalue weighted by molar-refractivity contribution is 0.586. The first-order valence-corrected chi connectivity index (χ1v) is 7.46. The highest BCUT2D eigenvalue weighted by molar-refractivity contribution is 7.90. The van der Waals surface area contributed by atoms with E-state index in [0.29, 0.717) is 12.1 Å². The maximum atomic E-state index is 11.6. The second kappa shape index (κ2) is 5.05. The fraction of sp³-hybridized carbons (Fsp3) is 0.667. The predicted molar refractivity (Wildman–Crippen MR) is 62.6 cm³/mol. The van der Waals surface area contributed by atoms with Crippen LogP contribution >= 0.6 is 11.3 Å². The molecule has 0 saturated carbocycles. The zero-order valence-corrected chi connectivity index (χ0v) is 10.6. The van der Waals surface area contributed by atoms with Gasteiger partial charge in [0.05, 0.1) is 22.2 Å². The van der Waals surface area contributed by atoms with E-state index in [1.165, 1.54) is 11.3 Å². The summed E-state index contributed by atoms with van der Waals surface area (Å²) < 4.78 is 23.2. The summed E-state index contributed by atoms with van der Waals surface area (Å²) in [5, 5.41) is 2.69. The average Bonchev–Trinajstić information content (AvgIpc) is 2.47. The smallest absolute Gasteiger partial charge is 0.156 e. The maximum absolute atomic E-state index is 11.6. The highest BCUT2D eigenvalue weighted by Crippen LogP contribution is 2.12. The van der Waals surface area contributed by atoms with Gasteiger partial charge in [0.15, 0.2) is 9.84 Å². The summed E-state index contributed by atoms with van der Waals surface area (Å²) in [5.74, 6) is 0.172. The normalized spacial score (nSPS) is 14.1. The molecule has 1 atom stereocenters. The zero-order chi connectivity index (χ0) is 11.5. The molecule has 0 amide bonds. The highest BCUT2D eigenvalue weighted by Gasteiger charge is 2.14. The summed E-state index contributed by atoms with van der Waals surface area (Å²) in [6, 6.07) is -0.0723. The molecule has 0 radical (unpaired) electrons. The molecular weight excluding hydrogens is 232 g/mol. The van der Waals surface area contributed by atoms with Gasteiger partial charge in [0.25, 0.3) is 0 Å². The Morgan fingerprint density at radius 1 is 1.60 bits per heavy atom. The molecule has 0 spiro atoms. The van der Waals surface area contributed by atoms with Crippen molar-refractivity contribution in [1.29, 1.82) is 0 Å². The topological polar surface area (TPSA) is 73.0 Å². The van der Waals surface area contributed by atoms with Crippen LogP contribution in [0, 0.1) is 6.92 Å². The second-order valence-corrected chi connectivity index (χ2v) is 6.96. The molecule has 86 valence electrons. The van der Waals surface area contributed by atoms with E-state index in [4.69, 9.17) is 5.73 Å². The molecule has 1 unspecified atom stereocenters. The summed E-state index contributed by atoms with van der Waals surface area (Å²) in [5.41, 5.74) is 6.16. The van der Waals surface area contributed by atoms with Crippen molar-refractivity contribution in [2.75, 3.05) is 5.75 Å². The van der Waals surface area contributed by atoms with Gasteiger partial charge >= 0.3 is 0 Å². The summed E-state index contributed by atoms with van der Waals surface area (Å²) in [6.45, 7) is 3.67. The van der Waals surface area contributed by atoms with Gasteiger partial charge < -0.3 is 5.73 Å². The first-order chi connectivity index (χ1) is 6.89. The molecule has 0 fully saturated rings. The Balaban J connectivity index is 2.57. The monoisotopic (exact) mass is 248 g/mol. The van der Waals surface area contributed by atoms with Gasteiger partial charge in [-0.15, -0.1) is 11.3 Å². The Hall–Kier alpha value is -0.460. The number of hydrogen-bond donors (Lipinski definition) is 1. The second-order valence-electron chi connectivity index (χ2n) is 3.72. The molecule has 2 N–H and O–H groups in total. The van der Waals surface area contributed by atoms with Gasteiger partial charge in [-0.2, -0.15) is 0 Å². The predicted octanol–water partition coefficient (Wildman–Crippen LogP) is 1.10. The number of thiazole rings is 1. The van der Waals surface area contributed by atoms with Gasteiger partial charge in [-0.05, 0) is 20.3 Å². The van der Waals surface area contributed by atoms with Gasteiger partial charge in [0, 0.05) is 11.4 Å². The molecule has 0 aromatic carbocycles. The molecule has 0 aliphatic rings. The minimum Gasteiger partial charge on any atom is -0.328 e. The maximum Gasteiger partial charge on any atom is 0.156 e. The number of rotatable bonds is 5. The Morgan fingerprint density at radius 3 is 2.73 bits per heavy atom. The van der Waals surface area contributed by atoms with Crippen molar-refractivity contribution >= 4 is 21.2 Å². The van der Waals surface area contributed by atoms with Crippen LogP contribution in [0.15, 0.2) is 5.38 Å². The number of nitrogens with two attached hydrogens (primary N) is 1. The van der Waals surface area contributed by atoms with Gasteiger partial charge in [-0.25, -0.2) is 13.4 Å². The van der Waals surface area contributed by atoms with Gasteiger partial charge in [-0.1, -0.05) is 0 Å². The first-order valence-electron chi connectivity index (χ1n) is 4.76. The third kappa shape index (κ3) is 4.72. The lowest BCUT2D eigenvalue weighted by Crippen LogP contribution is -2.20. The molecule has 0 aliphatic carbocycles. The van der Waals surface area contributed by atoms with E-state index in [-0.39, 0.29) is 17.5 Å². The van der Waals surface area contributed by atoms with Crippen molar-refractivity contribution in [3.05, 3.63) is 16.1 Å². The SMILES string of the molecule is Cc1nc(CS(=O)(=O)CCC(C)N)cs1. The van der Waals surface area contributed by atoms with Crippen LogP contribution in [0.1, 0.15) is 24.0 Å². The number of aryl methyl sites for hydroxylation is 1. The third-order valence-corrected chi connectivity index (χ3v) is 4.33. The zero-order valence-electron chi connectivity index (χ0n) is 8.93. The molecule has 1 aromatic rings. The lowest BCUT2D eigenvalue weighted by Gasteiger charge is -2.04. The molecule has 0 bridgehead atoms. The fourth-order valence-electron chi connectivity index (χ4n) is 1.14. The summed E-state index contributed by atoms with van der Waals surface area (Å²) in [6.07, 6.45) is 0.505. The number of nitrogens with zero attached hydrogens (tertiary/aromatic N) is 1. The Bertz CT molecular complexity index is 410. The molecule has 6 heteroatoms. The first kappa shape index (κ1) is 12.6. The van der Waals surface area contributed by atoms with Gasteiger partial charge in [0.2, 0.25) is 0 Å². The summed E-state index contributed by atoms with van der Waals surface area (Å²) in [4.78, 5) is 4.13. The summed E-state index contributed by atoms with van der Waals surface area (Å²) in [7, 11) is -3.05. The minimum atomic E-state index is -3.05. The van der Waals surface area contributed by atoms with Crippen LogP contribution in [0.25, 0.3) is 0 Å². The Labute approximate surface area is 94.4 Å². The van der Waals surface area contributed by atoms with E-state index in [1.54, 1.807) is 5.38 Å². The van der Waals surface area contributed by atoms with Crippen molar-refractivity contribution in [3.8, 4) is 0 Å². The minimum absolute atomic E-state index is 0.0318. The standard InChI is InChI=1S/C9H16N2O2S2/c1-7(10)3-4-15(12,13)6-9-5-14-8(2)11-9/h5,7H,3-4,6,10H2,1-2H3.